The minimum absolute atomic E-state index is 0.0625. The van der Waals surface area contributed by atoms with Crippen LogP contribution in [-0.4, -0.2) is 39.3 Å². The van der Waals surface area contributed by atoms with E-state index in [4.69, 9.17) is 9.57 Å². The lowest BCUT2D eigenvalue weighted by molar-refractivity contribution is -0.122. The summed E-state index contributed by atoms with van der Waals surface area (Å²) in [6.07, 6.45) is 7.39. The van der Waals surface area contributed by atoms with E-state index in [0.717, 1.165) is 24.1 Å². The standard InChI is InChI=1S/C18H24N4O2/c1-18(2,3)24-17-8-15(9-17)11-23-21-10-14-4-6-16(7-5-14)22-13-19-12-20-22/h4-7,10,12-13,15,17H,8-9,11H2,1-3H3/b21-10+. The minimum Gasteiger partial charge on any atom is -0.396 e. The normalized spacial score (nSPS) is 21.0. The number of rotatable bonds is 6. The summed E-state index contributed by atoms with van der Waals surface area (Å²) in [4.78, 5) is 9.34. The van der Waals surface area contributed by atoms with Crippen LogP contribution in [0.5, 0.6) is 0 Å². The Labute approximate surface area is 142 Å². The quantitative estimate of drug-likeness (QED) is 0.603. The van der Waals surface area contributed by atoms with Crippen molar-refractivity contribution in [2.24, 2.45) is 11.1 Å². The van der Waals surface area contributed by atoms with Crippen LogP contribution in [0, 0.1) is 5.92 Å². The average Bonchev–Trinajstić information content (AvgIpc) is 3.02. The summed E-state index contributed by atoms with van der Waals surface area (Å²) in [7, 11) is 0. The molecule has 128 valence electrons. The van der Waals surface area contributed by atoms with E-state index in [0.29, 0.717) is 18.6 Å². The summed E-state index contributed by atoms with van der Waals surface area (Å²) in [5.74, 6) is 0.546. The first-order valence-electron chi connectivity index (χ1n) is 8.28. The number of hydrogen-bond acceptors (Lipinski definition) is 5. The minimum atomic E-state index is -0.0625. The largest absolute Gasteiger partial charge is 0.396 e. The van der Waals surface area contributed by atoms with Crippen molar-refractivity contribution < 1.29 is 9.57 Å². The predicted molar refractivity (Wildman–Crippen MR) is 92.3 cm³/mol. The second-order valence-electron chi connectivity index (χ2n) is 7.15. The summed E-state index contributed by atoms with van der Waals surface area (Å²) >= 11 is 0. The number of hydrogen-bond donors (Lipinski definition) is 0. The molecule has 6 heteroatoms. The third-order valence-electron chi connectivity index (χ3n) is 3.88. The van der Waals surface area contributed by atoms with Gasteiger partial charge in [-0.05, 0) is 51.3 Å². The molecule has 3 rings (SSSR count). The molecule has 0 radical (unpaired) electrons. The molecule has 6 nitrogen and oxygen atoms in total. The van der Waals surface area contributed by atoms with Crippen LogP contribution >= 0.6 is 0 Å². The van der Waals surface area contributed by atoms with Crippen molar-refractivity contribution in [3.63, 3.8) is 0 Å². The smallest absolute Gasteiger partial charge is 0.138 e. The van der Waals surface area contributed by atoms with Crippen LogP contribution in [0.15, 0.2) is 42.1 Å². The Hall–Kier alpha value is -2.21. The van der Waals surface area contributed by atoms with E-state index < -0.39 is 0 Å². The van der Waals surface area contributed by atoms with E-state index in [1.807, 2.05) is 24.3 Å². The summed E-state index contributed by atoms with van der Waals surface area (Å²) < 4.78 is 7.63. The average molecular weight is 328 g/mol. The van der Waals surface area contributed by atoms with Crippen LogP contribution in [0.2, 0.25) is 0 Å². The van der Waals surface area contributed by atoms with Crippen LogP contribution < -0.4 is 0 Å². The van der Waals surface area contributed by atoms with Gasteiger partial charge in [0.1, 0.15) is 19.3 Å². The topological polar surface area (TPSA) is 61.5 Å². The van der Waals surface area contributed by atoms with Gasteiger partial charge >= 0.3 is 0 Å². The number of aromatic nitrogens is 3. The molecule has 0 bridgehead atoms. The third-order valence-corrected chi connectivity index (χ3v) is 3.88. The highest BCUT2D eigenvalue weighted by atomic mass is 16.6. The van der Waals surface area contributed by atoms with Gasteiger partial charge in [0, 0.05) is 5.92 Å². The first kappa shape index (κ1) is 16.6. The molecular formula is C18H24N4O2. The molecule has 1 heterocycles. The summed E-state index contributed by atoms with van der Waals surface area (Å²) in [6, 6.07) is 7.88. The van der Waals surface area contributed by atoms with Gasteiger partial charge in [-0.1, -0.05) is 17.3 Å². The van der Waals surface area contributed by atoms with Crippen LogP contribution in [-0.2, 0) is 9.57 Å². The van der Waals surface area contributed by atoms with Gasteiger partial charge in [0.05, 0.1) is 23.6 Å². The molecule has 24 heavy (non-hydrogen) atoms. The highest BCUT2D eigenvalue weighted by molar-refractivity contribution is 5.79. The van der Waals surface area contributed by atoms with Crippen molar-refractivity contribution in [1.29, 1.82) is 0 Å². The van der Waals surface area contributed by atoms with Gasteiger partial charge in [-0.3, -0.25) is 0 Å². The maximum atomic E-state index is 5.92. The summed E-state index contributed by atoms with van der Waals surface area (Å²) in [6.45, 7) is 6.93. The first-order valence-corrected chi connectivity index (χ1v) is 8.28. The Kier molecular flexibility index (Phi) is 4.94. The lowest BCUT2D eigenvalue weighted by Crippen LogP contribution is -2.39. The highest BCUT2D eigenvalue weighted by Crippen LogP contribution is 2.33. The van der Waals surface area contributed by atoms with Crippen molar-refractivity contribution in [3.8, 4) is 5.69 Å². The summed E-state index contributed by atoms with van der Waals surface area (Å²) in [5.41, 5.74) is 1.89. The van der Waals surface area contributed by atoms with Gasteiger partial charge in [0.15, 0.2) is 0 Å². The van der Waals surface area contributed by atoms with Crippen LogP contribution in [0.1, 0.15) is 39.2 Å². The molecule has 0 amide bonds. The lowest BCUT2D eigenvalue weighted by atomic mass is 9.82. The molecule has 1 saturated carbocycles. The van der Waals surface area contributed by atoms with Crippen LogP contribution in [0.4, 0.5) is 0 Å². The molecule has 0 unspecified atom stereocenters. The van der Waals surface area contributed by atoms with Crippen LogP contribution in [0.25, 0.3) is 5.69 Å². The zero-order valence-electron chi connectivity index (χ0n) is 14.4. The molecule has 0 saturated heterocycles. The van der Waals surface area contributed by atoms with E-state index in [1.54, 1.807) is 17.2 Å². The van der Waals surface area contributed by atoms with Crippen molar-refractivity contribution in [3.05, 3.63) is 42.5 Å². The fourth-order valence-corrected chi connectivity index (χ4v) is 2.71. The molecule has 1 aromatic carbocycles. The second kappa shape index (κ2) is 7.13. The van der Waals surface area contributed by atoms with Gasteiger partial charge in [0.25, 0.3) is 0 Å². The number of oxime groups is 1. The van der Waals surface area contributed by atoms with Gasteiger partial charge in [-0.15, -0.1) is 0 Å². The predicted octanol–water partition coefficient (Wildman–Crippen LogP) is 3.21. The number of benzene rings is 1. The number of nitrogens with zero attached hydrogens (tertiary/aromatic N) is 4. The zero-order chi connectivity index (χ0) is 17.0. The monoisotopic (exact) mass is 328 g/mol. The molecule has 1 aliphatic carbocycles. The van der Waals surface area contributed by atoms with Crippen molar-refractivity contribution in [2.75, 3.05) is 6.61 Å². The fourth-order valence-electron chi connectivity index (χ4n) is 2.71. The third kappa shape index (κ3) is 4.64. The highest BCUT2D eigenvalue weighted by Gasteiger charge is 2.33. The molecule has 0 N–H and O–H groups in total. The molecule has 0 aliphatic heterocycles. The van der Waals surface area contributed by atoms with Gasteiger partial charge < -0.3 is 9.57 Å². The molecule has 2 aromatic rings. The van der Waals surface area contributed by atoms with Crippen LogP contribution in [0.3, 0.4) is 0 Å². The van der Waals surface area contributed by atoms with Gasteiger partial charge in [0.2, 0.25) is 0 Å². The van der Waals surface area contributed by atoms with E-state index in [2.05, 4.69) is 36.0 Å². The molecule has 1 aliphatic rings. The van der Waals surface area contributed by atoms with E-state index in [9.17, 15) is 0 Å². The van der Waals surface area contributed by atoms with E-state index in [1.165, 1.54) is 6.33 Å². The maximum absolute atomic E-state index is 5.92. The van der Waals surface area contributed by atoms with E-state index in [-0.39, 0.29) is 5.60 Å². The van der Waals surface area contributed by atoms with Gasteiger partial charge in [-0.2, -0.15) is 5.10 Å². The molecule has 0 atom stereocenters. The van der Waals surface area contributed by atoms with E-state index >= 15 is 0 Å². The first-order chi connectivity index (χ1) is 11.5. The van der Waals surface area contributed by atoms with Gasteiger partial charge in [-0.25, -0.2) is 9.67 Å². The van der Waals surface area contributed by atoms with Crippen molar-refractivity contribution >= 4 is 6.21 Å². The second-order valence-corrected chi connectivity index (χ2v) is 7.15. The Morgan fingerprint density at radius 1 is 1.25 bits per heavy atom. The van der Waals surface area contributed by atoms with Crippen molar-refractivity contribution in [1.82, 2.24) is 14.8 Å². The molecule has 0 spiro atoms. The maximum Gasteiger partial charge on any atom is 0.138 e. The number of ether oxygens (including phenoxy) is 1. The Morgan fingerprint density at radius 3 is 2.62 bits per heavy atom. The zero-order valence-corrected chi connectivity index (χ0v) is 14.4. The Bertz CT molecular complexity index is 653. The SMILES string of the molecule is CC(C)(C)OC1CC(CO/N=C/c2ccc(-n3cncn3)cc2)C1. The summed E-state index contributed by atoms with van der Waals surface area (Å²) in [5, 5.41) is 8.15. The molecule has 1 fully saturated rings. The lowest BCUT2D eigenvalue weighted by Gasteiger charge is -2.38. The van der Waals surface area contributed by atoms with Crippen molar-refractivity contribution in [2.45, 2.75) is 45.3 Å². The Morgan fingerprint density at radius 2 is 2.00 bits per heavy atom. The fraction of sp³-hybridized carbons (Fsp3) is 0.500. The molecule has 1 aromatic heterocycles. The Balaban J connectivity index is 1.38. The molecular weight excluding hydrogens is 304 g/mol.